The van der Waals surface area contributed by atoms with Crippen LogP contribution in [0.15, 0.2) is 47.4 Å². The van der Waals surface area contributed by atoms with Gasteiger partial charge in [0, 0.05) is 43.9 Å². The molecular weight excluding hydrogens is 385 g/mol. The van der Waals surface area contributed by atoms with Crippen molar-refractivity contribution in [3.8, 4) is 0 Å². The van der Waals surface area contributed by atoms with Crippen LogP contribution in [0.1, 0.15) is 25.3 Å². The lowest BCUT2D eigenvalue weighted by Gasteiger charge is -2.32. The fourth-order valence-electron chi connectivity index (χ4n) is 3.88. The summed E-state index contributed by atoms with van der Waals surface area (Å²) in [5.74, 6) is -0.164. The van der Waals surface area contributed by atoms with Gasteiger partial charge in [-0.1, -0.05) is 18.2 Å². The van der Waals surface area contributed by atoms with Crippen LogP contribution < -0.4 is 15.8 Å². The summed E-state index contributed by atoms with van der Waals surface area (Å²) in [6.45, 7) is 3.72. The quantitative estimate of drug-likeness (QED) is 0.700. The number of aromatic nitrogens is 3. The number of hydrogen-bond acceptors (Lipinski definition) is 5. The van der Waals surface area contributed by atoms with Crippen molar-refractivity contribution in [2.45, 2.75) is 32.9 Å². The van der Waals surface area contributed by atoms with Crippen LogP contribution in [-0.2, 0) is 17.9 Å². The van der Waals surface area contributed by atoms with Gasteiger partial charge >= 0.3 is 0 Å². The van der Waals surface area contributed by atoms with Crippen molar-refractivity contribution in [2.75, 3.05) is 18.0 Å². The molecule has 0 unspecified atom stereocenters. The number of carbonyl (C=O) groups excluding carboxylic acids is 1. The van der Waals surface area contributed by atoms with E-state index in [2.05, 4.69) is 15.3 Å². The van der Waals surface area contributed by atoms with Crippen LogP contribution in [-0.4, -0.2) is 33.5 Å². The molecule has 1 amide bonds. The summed E-state index contributed by atoms with van der Waals surface area (Å²) in [5, 5.41) is 2.83. The molecule has 2 aromatic heterocycles. The van der Waals surface area contributed by atoms with Gasteiger partial charge in [0.05, 0.1) is 0 Å². The highest BCUT2D eigenvalue weighted by Gasteiger charge is 2.27. The first-order valence-electron chi connectivity index (χ1n) is 10.2. The molecular formula is C22H24FN5O2. The Kier molecular flexibility index (Phi) is 5.74. The first-order chi connectivity index (χ1) is 14.6. The number of benzene rings is 1. The SMILES string of the molecule is CCn1c(=O)c(N2CCC(C(=O)NCc3ccccc3F)CC2)nc2cccnc21. The molecule has 0 aliphatic carbocycles. The average Bonchev–Trinajstić information content (AvgIpc) is 2.78. The molecule has 1 saturated heterocycles. The summed E-state index contributed by atoms with van der Waals surface area (Å²) in [5.41, 5.74) is 1.57. The number of aryl methyl sites for hydroxylation is 1. The zero-order chi connectivity index (χ0) is 21.1. The highest BCUT2D eigenvalue weighted by Crippen LogP contribution is 2.22. The van der Waals surface area contributed by atoms with Gasteiger partial charge in [0.25, 0.3) is 5.56 Å². The van der Waals surface area contributed by atoms with Crippen LogP contribution in [0.3, 0.4) is 0 Å². The smallest absolute Gasteiger partial charge is 0.295 e. The molecule has 0 atom stereocenters. The van der Waals surface area contributed by atoms with Crippen molar-refractivity contribution >= 4 is 22.9 Å². The normalized spacial score (nSPS) is 14.8. The lowest BCUT2D eigenvalue weighted by Crippen LogP contribution is -2.43. The number of anilines is 1. The predicted molar refractivity (Wildman–Crippen MR) is 113 cm³/mol. The Labute approximate surface area is 173 Å². The standard InChI is InChI=1S/C22H24FN5O2/c1-2-28-19-18(8-5-11-24-19)26-20(22(28)30)27-12-9-15(10-13-27)21(29)25-14-16-6-3-4-7-17(16)23/h3-8,11,15H,2,9-10,12-14H2,1H3,(H,25,29). The van der Waals surface area contributed by atoms with Gasteiger partial charge in [-0.25, -0.2) is 14.4 Å². The molecule has 4 rings (SSSR count). The third kappa shape index (κ3) is 3.90. The fraction of sp³-hybridized carbons (Fsp3) is 0.364. The Morgan fingerprint density at radius 3 is 2.70 bits per heavy atom. The fourth-order valence-corrected chi connectivity index (χ4v) is 3.88. The van der Waals surface area contributed by atoms with Gasteiger partial charge in [-0.3, -0.25) is 14.2 Å². The van der Waals surface area contributed by atoms with Crippen molar-refractivity contribution < 1.29 is 9.18 Å². The van der Waals surface area contributed by atoms with E-state index in [1.165, 1.54) is 6.07 Å². The molecule has 1 N–H and O–H groups in total. The number of piperidine rings is 1. The molecule has 1 fully saturated rings. The van der Waals surface area contributed by atoms with E-state index in [4.69, 9.17) is 0 Å². The molecule has 7 nitrogen and oxygen atoms in total. The number of hydrogen-bond donors (Lipinski definition) is 1. The second kappa shape index (κ2) is 8.61. The molecule has 0 bridgehead atoms. The van der Waals surface area contributed by atoms with Gasteiger partial charge in [-0.05, 0) is 38.0 Å². The molecule has 0 saturated carbocycles. The van der Waals surface area contributed by atoms with Gasteiger partial charge in [-0.2, -0.15) is 0 Å². The number of nitrogens with zero attached hydrogens (tertiary/aromatic N) is 4. The summed E-state index contributed by atoms with van der Waals surface area (Å²) in [7, 11) is 0. The summed E-state index contributed by atoms with van der Waals surface area (Å²) >= 11 is 0. The number of halogens is 1. The molecule has 0 radical (unpaired) electrons. The van der Waals surface area contributed by atoms with Crippen LogP contribution in [0.4, 0.5) is 10.2 Å². The largest absolute Gasteiger partial charge is 0.352 e. The Hall–Kier alpha value is -3.29. The highest BCUT2D eigenvalue weighted by atomic mass is 19.1. The Morgan fingerprint density at radius 2 is 1.97 bits per heavy atom. The van der Waals surface area contributed by atoms with E-state index >= 15 is 0 Å². The van der Waals surface area contributed by atoms with Crippen LogP contribution in [0.2, 0.25) is 0 Å². The monoisotopic (exact) mass is 409 g/mol. The zero-order valence-corrected chi connectivity index (χ0v) is 16.8. The van der Waals surface area contributed by atoms with Crippen molar-refractivity contribution in [3.05, 3.63) is 64.3 Å². The highest BCUT2D eigenvalue weighted by molar-refractivity contribution is 5.79. The number of amides is 1. The lowest BCUT2D eigenvalue weighted by molar-refractivity contribution is -0.125. The third-order valence-corrected chi connectivity index (χ3v) is 5.58. The van der Waals surface area contributed by atoms with Crippen LogP contribution in [0.5, 0.6) is 0 Å². The van der Waals surface area contributed by atoms with Crippen molar-refractivity contribution in [1.82, 2.24) is 19.9 Å². The van der Waals surface area contributed by atoms with Crippen LogP contribution in [0.25, 0.3) is 11.2 Å². The minimum atomic E-state index is -0.323. The minimum Gasteiger partial charge on any atom is -0.352 e. The van der Waals surface area contributed by atoms with Gasteiger partial charge in [0.2, 0.25) is 5.91 Å². The molecule has 8 heteroatoms. The van der Waals surface area contributed by atoms with Gasteiger partial charge in [-0.15, -0.1) is 0 Å². The number of rotatable bonds is 5. The summed E-state index contributed by atoms with van der Waals surface area (Å²) in [6.07, 6.45) is 2.88. The third-order valence-electron chi connectivity index (χ3n) is 5.58. The molecule has 1 aliphatic heterocycles. The predicted octanol–water partition coefficient (Wildman–Crippen LogP) is 2.48. The maximum Gasteiger partial charge on any atom is 0.295 e. The molecule has 0 spiro atoms. The van der Waals surface area contributed by atoms with Gasteiger partial charge < -0.3 is 10.2 Å². The molecule has 156 valence electrons. The number of fused-ring (bicyclic) bond motifs is 1. The lowest BCUT2D eigenvalue weighted by atomic mass is 9.96. The van der Waals surface area contributed by atoms with E-state index in [9.17, 15) is 14.0 Å². The Morgan fingerprint density at radius 1 is 1.20 bits per heavy atom. The number of nitrogens with one attached hydrogen (secondary N) is 1. The minimum absolute atomic E-state index is 0.0838. The first kappa shape index (κ1) is 20.0. The molecule has 3 heterocycles. The maximum atomic E-state index is 13.7. The van der Waals surface area contributed by atoms with E-state index in [-0.39, 0.29) is 29.7 Å². The Bertz CT molecular complexity index is 1120. The summed E-state index contributed by atoms with van der Waals surface area (Å²) in [6, 6.07) is 10.1. The van der Waals surface area contributed by atoms with E-state index in [1.54, 1.807) is 35.0 Å². The first-order valence-corrected chi connectivity index (χ1v) is 10.2. The maximum absolute atomic E-state index is 13.7. The van der Waals surface area contributed by atoms with E-state index in [0.29, 0.717) is 55.0 Å². The van der Waals surface area contributed by atoms with E-state index < -0.39 is 0 Å². The molecule has 1 aromatic carbocycles. The molecule has 30 heavy (non-hydrogen) atoms. The second-order valence-electron chi connectivity index (χ2n) is 7.40. The molecule has 1 aliphatic rings. The Balaban J connectivity index is 1.43. The number of carbonyl (C=O) groups is 1. The molecule has 3 aromatic rings. The van der Waals surface area contributed by atoms with E-state index in [0.717, 1.165) is 0 Å². The van der Waals surface area contributed by atoms with Gasteiger partial charge in [0.1, 0.15) is 11.3 Å². The number of pyridine rings is 1. The average molecular weight is 409 g/mol. The van der Waals surface area contributed by atoms with Gasteiger partial charge in [0.15, 0.2) is 11.5 Å². The zero-order valence-electron chi connectivity index (χ0n) is 16.8. The van der Waals surface area contributed by atoms with Crippen LogP contribution in [0, 0.1) is 11.7 Å². The topological polar surface area (TPSA) is 80.1 Å². The van der Waals surface area contributed by atoms with Crippen molar-refractivity contribution in [3.63, 3.8) is 0 Å². The second-order valence-corrected chi connectivity index (χ2v) is 7.40. The van der Waals surface area contributed by atoms with Crippen LogP contribution >= 0.6 is 0 Å². The van der Waals surface area contributed by atoms with Crippen molar-refractivity contribution in [1.29, 1.82) is 0 Å². The summed E-state index contributed by atoms with van der Waals surface area (Å²) < 4.78 is 15.4. The van der Waals surface area contributed by atoms with E-state index in [1.807, 2.05) is 17.9 Å². The summed E-state index contributed by atoms with van der Waals surface area (Å²) in [4.78, 5) is 36.2. The van der Waals surface area contributed by atoms with Crippen molar-refractivity contribution in [2.24, 2.45) is 5.92 Å².